The minimum atomic E-state index is -3.58. The Kier molecular flexibility index (Phi) is 9.18. The van der Waals surface area contributed by atoms with Gasteiger partial charge >= 0.3 is 0 Å². The van der Waals surface area contributed by atoms with Gasteiger partial charge in [-0.1, -0.05) is 18.9 Å². The third-order valence-electron chi connectivity index (χ3n) is 5.36. The van der Waals surface area contributed by atoms with Crippen LogP contribution in [0, 0.1) is 0 Å². The van der Waals surface area contributed by atoms with Gasteiger partial charge in [-0.05, 0) is 51.1 Å². The third kappa shape index (κ3) is 5.58. The van der Waals surface area contributed by atoms with E-state index in [1.807, 2.05) is 7.05 Å². The van der Waals surface area contributed by atoms with Crippen LogP contribution in [0.4, 0.5) is 5.69 Å². The molecule has 0 bridgehead atoms. The fourth-order valence-electron chi connectivity index (χ4n) is 3.64. The molecule has 1 aromatic carbocycles. The molecule has 0 atom stereocenters. The van der Waals surface area contributed by atoms with Crippen LogP contribution in [0.5, 0.6) is 0 Å². The number of carbonyl (C=O) groups is 1. The summed E-state index contributed by atoms with van der Waals surface area (Å²) >= 11 is 0. The van der Waals surface area contributed by atoms with Gasteiger partial charge in [-0.3, -0.25) is 4.79 Å². The molecule has 3 rings (SSSR count). The maximum Gasteiger partial charge on any atom is 0.244 e. The van der Waals surface area contributed by atoms with E-state index in [4.69, 9.17) is 5.73 Å². The lowest BCUT2D eigenvalue weighted by Gasteiger charge is -2.23. The number of anilines is 1. The van der Waals surface area contributed by atoms with Gasteiger partial charge in [0.05, 0.1) is 10.4 Å². The summed E-state index contributed by atoms with van der Waals surface area (Å²) in [5, 5.41) is 2.80. The first-order valence-corrected chi connectivity index (χ1v) is 10.6. The number of hydrogen-bond acceptors (Lipinski definition) is 5. The zero-order valence-corrected chi connectivity index (χ0v) is 18.5. The Morgan fingerprint density at radius 1 is 1.07 bits per heavy atom. The molecule has 1 heterocycles. The Labute approximate surface area is 179 Å². The van der Waals surface area contributed by atoms with Crippen molar-refractivity contribution in [3.05, 3.63) is 24.3 Å². The Morgan fingerprint density at radius 3 is 2.43 bits per heavy atom. The van der Waals surface area contributed by atoms with Gasteiger partial charge in [0.15, 0.2) is 0 Å². The standard InChI is InChI=1S/C18H28N4O3S.2ClH/c1-21-10-5-11-22(13-12-21)26(24,25)16-7-4-6-15(14-16)20-17(23)18(19)8-2-3-9-18;;/h4,6-7,14H,2-3,5,8-13,19H2,1H3,(H,20,23);2*1H. The van der Waals surface area contributed by atoms with E-state index in [9.17, 15) is 13.2 Å². The second kappa shape index (κ2) is 10.2. The summed E-state index contributed by atoms with van der Waals surface area (Å²) in [6.07, 6.45) is 4.03. The van der Waals surface area contributed by atoms with Crippen molar-refractivity contribution in [2.45, 2.75) is 42.5 Å². The molecule has 1 saturated heterocycles. The number of amides is 1. The number of nitrogens with two attached hydrogens (primary N) is 1. The maximum atomic E-state index is 13.0. The molecule has 0 aromatic heterocycles. The van der Waals surface area contributed by atoms with Crippen LogP contribution in [0.15, 0.2) is 29.2 Å². The zero-order chi connectivity index (χ0) is 18.8. The van der Waals surface area contributed by atoms with Crippen LogP contribution in [0.1, 0.15) is 32.1 Å². The van der Waals surface area contributed by atoms with Crippen LogP contribution in [-0.2, 0) is 14.8 Å². The van der Waals surface area contributed by atoms with E-state index in [0.29, 0.717) is 38.2 Å². The molecular formula is C18H30Cl2N4O3S. The maximum absolute atomic E-state index is 13.0. The van der Waals surface area contributed by atoms with Crippen molar-refractivity contribution in [1.82, 2.24) is 9.21 Å². The summed E-state index contributed by atoms with van der Waals surface area (Å²) in [7, 11) is -1.58. The first-order valence-electron chi connectivity index (χ1n) is 9.20. The molecule has 1 saturated carbocycles. The van der Waals surface area contributed by atoms with E-state index >= 15 is 0 Å². The first kappa shape index (κ1) is 25.1. The summed E-state index contributed by atoms with van der Waals surface area (Å²) in [6, 6.07) is 6.46. The number of sulfonamides is 1. The van der Waals surface area contributed by atoms with Crippen molar-refractivity contribution in [3.63, 3.8) is 0 Å². The highest BCUT2D eigenvalue weighted by molar-refractivity contribution is 7.89. The molecule has 3 N–H and O–H groups in total. The van der Waals surface area contributed by atoms with E-state index in [0.717, 1.165) is 25.8 Å². The zero-order valence-electron chi connectivity index (χ0n) is 16.1. The molecule has 1 aromatic rings. The lowest BCUT2D eigenvalue weighted by Crippen LogP contribution is -2.48. The summed E-state index contributed by atoms with van der Waals surface area (Å²) in [6.45, 7) is 2.59. The second-order valence-corrected chi connectivity index (χ2v) is 9.34. The number of hydrogen-bond donors (Lipinski definition) is 2. The number of carbonyl (C=O) groups excluding carboxylic acids is 1. The monoisotopic (exact) mass is 452 g/mol. The van der Waals surface area contributed by atoms with Crippen molar-refractivity contribution in [3.8, 4) is 0 Å². The molecule has 0 unspecified atom stereocenters. The fourth-order valence-corrected chi connectivity index (χ4v) is 5.15. The van der Waals surface area contributed by atoms with Crippen molar-refractivity contribution in [2.75, 3.05) is 38.5 Å². The highest BCUT2D eigenvalue weighted by Gasteiger charge is 2.37. The number of benzene rings is 1. The van der Waals surface area contributed by atoms with Gasteiger partial charge in [-0.15, -0.1) is 24.8 Å². The highest BCUT2D eigenvalue weighted by Crippen LogP contribution is 2.29. The Bertz CT molecular complexity index is 770. The average Bonchev–Trinajstić information content (AvgIpc) is 2.94. The van der Waals surface area contributed by atoms with Gasteiger partial charge in [0, 0.05) is 25.3 Å². The molecule has 1 amide bonds. The molecule has 2 fully saturated rings. The van der Waals surface area contributed by atoms with Gasteiger partial charge in [0.2, 0.25) is 15.9 Å². The lowest BCUT2D eigenvalue weighted by atomic mass is 9.98. The lowest BCUT2D eigenvalue weighted by molar-refractivity contribution is -0.121. The van der Waals surface area contributed by atoms with E-state index < -0.39 is 15.6 Å². The number of halogens is 2. The second-order valence-electron chi connectivity index (χ2n) is 7.41. The molecule has 160 valence electrons. The molecule has 28 heavy (non-hydrogen) atoms. The fraction of sp³-hybridized carbons (Fsp3) is 0.611. The Morgan fingerprint density at radius 2 is 1.75 bits per heavy atom. The van der Waals surface area contributed by atoms with Crippen molar-refractivity contribution in [2.24, 2.45) is 5.73 Å². The molecule has 10 heteroatoms. The number of nitrogens with zero attached hydrogens (tertiary/aromatic N) is 2. The molecule has 0 radical (unpaired) electrons. The van der Waals surface area contributed by atoms with Gasteiger partial charge in [-0.2, -0.15) is 4.31 Å². The largest absolute Gasteiger partial charge is 0.324 e. The van der Waals surface area contributed by atoms with Crippen molar-refractivity contribution < 1.29 is 13.2 Å². The summed E-state index contributed by atoms with van der Waals surface area (Å²) in [4.78, 5) is 14.8. The molecule has 2 aliphatic rings. The predicted molar refractivity (Wildman–Crippen MR) is 116 cm³/mol. The summed E-state index contributed by atoms with van der Waals surface area (Å²) in [5.41, 5.74) is 5.81. The molecule has 1 aliphatic carbocycles. The Hall–Kier alpha value is -0.900. The minimum absolute atomic E-state index is 0. The van der Waals surface area contributed by atoms with E-state index in [1.54, 1.807) is 18.2 Å². The normalized spacial score (nSPS) is 20.5. The van der Waals surface area contributed by atoms with Crippen LogP contribution >= 0.6 is 24.8 Å². The quantitative estimate of drug-likeness (QED) is 0.728. The highest BCUT2D eigenvalue weighted by atomic mass is 35.5. The van der Waals surface area contributed by atoms with Crippen LogP contribution in [0.3, 0.4) is 0 Å². The molecule has 7 nitrogen and oxygen atoms in total. The summed E-state index contributed by atoms with van der Waals surface area (Å²) in [5.74, 6) is -0.235. The summed E-state index contributed by atoms with van der Waals surface area (Å²) < 4.78 is 27.5. The van der Waals surface area contributed by atoms with Gasteiger partial charge in [0.25, 0.3) is 0 Å². The van der Waals surface area contributed by atoms with E-state index in [1.165, 1.54) is 10.4 Å². The smallest absolute Gasteiger partial charge is 0.244 e. The average molecular weight is 453 g/mol. The number of rotatable bonds is 4. The van der Waals surface area contributed by atoms with Crippen LogP contribution < -0.4 is 11.1 Å². The van der Waals surface area contributed by atoms with Crippen LogP contribution in [0.25, 0.3) is 0 Å². The number of likely N-dealkylation sites (N-methyl/N-ethyl adjacent to an activating group) is 1. The molecule has 1 aliphatic heterocycles. The first-order chi connectivity index (χ1) is 12.3. The van der Waals surface area contributed by atoms with Crippen LogP contribution in [-0.4, -0.2) is 62.3 Å². The van der Waals surface area contributed by atoms with Crippen LogP contribution in [0.2, 0.25) is 0 Å². The molecular weight excluding hydrogens is 423 g/mol. The predicted octanol–water partition coefficient (Wildman–Crippen LogP) is 2.07. The van der Waals surface area contributed by atoms with Gasteiger partial charge < -0.3 is 16.0 Å². The third-order valence-corrected chi connectivity index (χ3v) is 7.25. The SMILES string of the molecule is CN1CCCN(S(=O)(=O)c2cccc(NC(=O)C3(N)CCCC3)c2)CC1.Cl.Cl. The van der Waals surface area contributed by atoms with Gasteiger partial charge in [-0.25, -0.2) is 8.42 Å². The van der Waals surface area contributed by atoms with Crippen molar-refractivity contribution in [1.29, 1.82) is 0 Å². The van der Waals surface area contributed by atoms with E-state index in [2.05, 4.69) is 10.2 Å². The molecule has 0 spiro atoms. The topological polar surface area (TPSA) is 95.7 Å². The number of nitrogens with one attached hydrogen (secondary N) is 1. The van der Waals surface area contributed by atoms with Gasteiger partial charge in [0.1, 0.15) is 0 Å². The Balaban J connectivity index is 0.00000196. The minimum Gasteiger partial charge on any atom is -0.324 e. The van der Waals surface area contributed by atoms with Crippen molar-refractivity contribution >= 4 is 46.4 Å². The van der Waals surface area contributed by atoms with E-state index in [-0.39, 0.29) is 35.6 Å².